The second-order valence-electron chi connectivity index (χ2n) is 5.32. The van der Waals surface area contributed by atoms with Crippen LogP contribution in [0.1, 0.15) is 31.7 Å². The van der Waals surface area contributed by atoms with E-state index in [4.69, 9.17) is 4.74 Å². The Labute approximate surface area is 119 Å². The molecule has 0 amide bonds. The van der Waals surface area contributed by atoms with Gasteiger partial charge in [0.25, 0.3) is 0 Å². The first-order valence-electron chi connectivity index (χ1n) is 7.20. The number of rotatable bonds is 6. The lowest BCUT2D eigenvalue weighted by Gasteiger charge is -2.20. The van der Waals surface area contributed by atoms with Gasteiger partial charge in [0.05, 0.1) is 12.0 Å². The van der Waals surface area contributed by atoms with Crippen LogP contribution in [-0.2, 0) is 6.42 Å². The maximum Gasteiger partial charge on any atom is 0.311 e. The van der Waals surface area contributed by atoms with E-state index in [0.29, 0.717) is 17.7 Å². The molecule has 1 saturated carbocycles. The van der Waals surface area contributed by atoms with Gasteiger partial charge in [-0.05, 0) is 43.4 Å². The molecule has 0 heterocycles. The van der Waals surface area contributed by atoms with Gasteiger partial charge in [-0.15, -0.1) is 0 Å². The van der Waals surface area contributed by atoms with Crippen LogP contribution in [0, 0.1) is 16.0 Å². The fourth-order valence-electron chi connectivity index (χ4n) is 3.12. The second-order valence-corrected chi connectivity index (χ2v) is 5.32. The van der Waals surface area contributed by atoms with Crippen molar-refractivity contribution in [3.05, 3.63) is 33.9 Å². The van der Waals surface area contributed by atoms with Crippen LogP contribution in [0.25, 0.3) is 0 Å². The Kier molecular flexibility index (Phi) is 4.95. The molecule has 0 radical (unpaired) electrons. The van der Waals surface area contributed by atoms with Gasteiger partial charge >= 0.3 is 5.69 Å². The summed E-state index contributed by atoms with van der Waals surface area (Å²) in [7, 11) is 1.46. The minimum Gasteiger partial charge on any atom is -0.490 e. The Balaban J connectivity index is 2.13. The Morgan fingerprint density at radius 3 is 2.90 bits per heavy atom. The Bertz CT molecular complexity index is 476. The zero-order valence-electron chi connectivity index (χ0n) is 12.1. The highest BCUT2D eigenvalue weighted by atomic mass is 16.6. The maximum absolute atomic E-state index is 11.1. The maximum atomic E-state index is 11.1. The first-order chi connectivity index (χ1) is 9.65. The Hall–Kier alpha value is -1.62. The fourth-order valence-corrected chi connectivity index (χ4v) is 3.12. The van der Waals surface area contributed by atoms with Crippen molar-refractivity contribution < 1.29 is 9.66 Å². The first kappa shape index (κ1) is 14.8. The smallest absolute Gasteiger partial charge is 0.311 e. The quantitative estimate of drug-likeness (QED) is 0.642. The van der Waals surface area contributed by atoms with Gasteiger partial charge in [-0.25, -0.2) is 0 Å². The van der Waals surface area contributed by atoms with Crippen molar-refractivity contribution in [2.75, 3.05) is 13.7 Å². The van der Waals surface area contributed by atoms with E-state index in [9.17, 15) is 10.1 Å². The van der Waals surface area contributed by atoms with Crippen LogP contribution in [0.4, 0.5) is 5.69 Å². The molecule has 2 unspecified atom stereocenters. The number of benzene rings is 1. The van der Waals surface area contributed by atoms with E-state index in [1.54, 1.807) is 12.1 Å². The van der Waals surface area contributed by atoms with Crippen molar-refractivity contribution >= 4 is 5.69 Å². The molecule has 1 fully saturated rings. The molecule has 2 rings (SSSR count). The summed E-state index contributed by atoms with van der Waals surface area (Å²) in [6.07, 6.45) is 4.53. The van der Waals surface area contributed by atoms with Crippen molar-refractivity contribution in [2.45, 2.75) is 38.6 Å². The standard InChI is InChI=1S/C15H22N2O3/c1-3-16-13-6-4-5-12(13)9-11-7-8-15(20-2)14(10-11)17(18)19/h7-8,10,12-13,16H,3-6,9H2,1-2H3. The van der Waals surface area contributed by atoms with Gasteiger partial charge in [-0.1, -0.05) is 19.4 Å². The highest BCUT2D eigenvalue weighted by molar-refractivity contribution is 5.48. The number of methoxy groups -OCH3 is 1. The SMILES string of the molecule is CCNC1CCCC1Cc1ccc(OC)c([N+](=O)[O-])c1. The topological polar surface area (TPSA) is 64.4 Å². The summed E-state index contributed by atoms with van der Waals surface area (Å²) in [5.74, 6) is 0.899. The molecule has 0 bridgehead atoms. The molecular weight excluding hydrogens is 256 g/mol. The molecule has 0 spiro atoms. The van der Waals surface area contributed by atoms with Crippen molar-refractivity contribution in [2.24, 2.45) is 5.92 Å². The number of hydrogen-bond donors (Lipinski definition) is 1. The second kappa shape index (κ2) is 6.70. The van der Waals surface area contributed by atoms with E-state index in [1.165, 1.54) is 26.4 Å². The molecule has 1 aliphatic rings. The predicted octanol–water partition coefficient (Wildman–Crippen LogP) is 2.92. The first-order valence-corrected chi connectivity index (χ1v) is 7.20. The number of hydrogen-bond acceptors (Lipinski definition) is 4. The molecule has 5 heteroatoms. The lowest BCUT2D eigenvalue weighted by Crippen LogP contribution is -2.33. The predicted molar refractivity (Wildman–Crippen MR) is 78.2 cm³/mol. The van der Waals surface area contributed by atoms with Gasteiger partial charge in [0.1, 0.15) is 0 Å². The largest absolute Gasteiger partial charge is 0.490 e. The molecule has 1 aromatic carbocycles. The molecule has 1 N–H and O–H groups in total. The van der Waals surface area contributed by atoms with Crippen LogP contribution >= 0.6 is 0 Å². The van der Waals surface area contributed by atoms with E-state index >= 15 is 0 Å². The van der Waals surface area contributed by atoms with Crippen LogP contribution in [0.15, 0.2) is 18.2 Å². The highest BCUT2D eigenvalue weighted by Gasteiger charge is 2.27. The van der Waals surface area contributed by atoms with Crippen molar-refractivity contribution in [3.8, 4) is 5.75 Å². The summed E-state index contributed by atoms with van der Waals surface area (Å²) in [5.41, 5.74) is 1.08. The third-order valence-corrected chi connectivity index (χ3v) is 4.06. The number of nitrogens with zero attached hydrogens (tertiary/aromatic N) is 1. The molecule has 1 aromatic rings. The van der Waals surface area contributed by atoms with Crippen molar-refractivity contribution in [1.29, 1.82) is 0 Å². The molecule has 2 atom stereocenters. The summed E-state index contributed by atoms with van der Waals surface area (Å²) in [5, 5.41) is 14.6. The third kappa shape index (κ3) is 3.28. The lowest BCUT2D eigenvalue weighted by atomic mass is 9.94. The molecular formula is C15H22N2O3. The Morgan fingerprint density at radius 2 is 2.25 bits per heavy atom. The van der Waals surface area contributed by atoms with Gasteiger partial charge in [0.15, 0.2) is 5.75 Å². The van der Waals surface area contributed by atoms with Gasteiger partial charge < -0.3 is 10.1 Å². The minimum absolute atomic E-state index is 0.0583. The number of nitro benzene ring substituents is 1. The lowest BCUT2D eigenvalue weighted by molar-refractivity contribution is -0.385. The van der Waals surface area contributed by atoms with E-state index in [-0.39, 0.29) is 10.6 Å². The molecule has 0 saturated heterocycles. The zero-order chi connectivity index (χ0) is 14.5. The average molecular weight is 278 g/mol. The van der Waals surface area contributed by atoms with Crippen LogP contribution in [0.2, 0.25) is 0 Å². The van der Waals surface area contributed by atoms with E-state index in [1.807, 2.05) is 6.07 Å². The van der Waals surface area contributed by atoms with Crippen molar-refractivity contribution in [1.82, 2.24) is 5.32 Å². The van der Waals surface area contributed by atoms with Crippen LogP contribution in [0.5, 0.6) is 5.75 Å². The summed E-state index contributed by atoms with van der Waals surface area (Å²) in [6.45, 7) is 3.09. The average Bonchev–Trinajstić information content (AvgIpc) is 2.86. The molecule has 20 heavy (non-hydrogen) atoms. The summed E-state index contributed by atoms with van der Waals surface area (Å²) >= 11 is 0. The number of nitrogens with one attached hydrogen (secondary N) is 1. The number of nitro groups is 1. The van der Waals surface area contributed by atoms with Crippen LogP contribution in [0.3, 0.4) is 0 Å². The van der Waals surface area contributed by atoms with Gasteiger partial charge in [0.2, 0.25) is 0 Å². The summed E-state index contributed by atoms with van der Waals surface area (Å²) in [4.78, 5) is 10.7. The normalized spacial score (nSPS) is 21.9. The van der Waals surface area contributed by atoms with Gasteiger partial charge in [-0.3, -0.25) is 10.1 Å². The molecule has 5 nitrogen and oxygen atoms in total. The van der Waals surface area contributed by atoms with Gasteiger partial charge in [-0.2, -0.15) is 0 Å². The van der Waals surface area contributed by atoms with E-state index < -0.39 is 0 Å². The third-order valence-electron chi connectivity index (χ3n) is 4.06. The molecule has 110 valence electrons. The molecule has 0 aliphatic heterocycles. The molecule has 0 aromatic heterocycles. The number of ether oxygens (including phenoxy) is 1. The minimum atomic E-state index is -0.376. The highest BCUT2D eigenvalue weighted by Crippen LogP contribution is 2.32. The summed E-state index contributed by atoms with van der Waals surface area (Å²) < 4.78 is 5.04. The van der Waals surface area contributed by atoms with Crippen LogP contribution in [-0.4, -0.2) is 24.6 Å². The van der Waals surface area contributed by atoms with Gasteiger partial charge in [0, 0.05) is 12.1 Å². The monoisotopic (exact) mass is 278 g/mol. The van der Waals surface area contributed by atoms with E-state index in [2.05, 4.69) is 12.2 Å². The molecule has 1 aliphatic carbocycles. The Morgan fingerprint density at radius 1 is 1.45 bits per heavy atom. The summed E-state index contributed by atoms with van der Waals surface area (Å²) in [6, 6.07) is 5.83. The van der Waals surface area contributed by atoms with Crippen LogP contribution < -0.4 is 10.1 Å². The van der Waals surface area contributed by atoms with E-state index in [0.717, 1.165) is 18.5 Å². The zero-order valence-corrected chi connectivity index (χ0v) is 12.1. The van der Waals surface area contributed by atoms with Crippen molar-refractivity contribution in [3.63, 3.8) is 0 Å². The fraction of sp³-hybridized carbons (Fsp3) is 0.600.